The normalized spacial score (nSPS) is 13.7. The van der Waals surface area contributed by atoms with Crippen molar-refractivity contribution in [3.05, 3.63) is 22.4 Å². The van der Waals surface area contributed by atoms with Gasteiger partial charge in [0.1, 0.15) is 0 Å². The molecule has 0 saturated carbocycles. The van der Waals surface area contributed by atoms with E-state index in [1.807, 2.05) is 0 Å². The molecule has 1 atom stereocenters. The van der Waals surface area contributed by atoms with Crippen LogP contribution in [0.5, 0.6) is 0 Å². The molecule has 2 aromatic heterocycles. The third kappa shape index (κ3) is 1.76. The number of hydrogen-bond acceptors (Lipinski definition) is 4. The van der Waals surface area contributed by atoms with E-state index in [0.717, 1.165) is 0 Å². The molecule has 0 spiro atoms. The highest BCUT2D eigenvalue weighted by molar-refractivity contribution is 7.26. The summed E-state index contributed by atoms with van der Waals surface area (Å²) in [7, 11) is 1.68. The van der Waals surface area contributed by atoms with Crippen LogP contribution < -0.4 is 5.73 Å². The number of rotatable bonds is 3. The summed E-state index contributed by atoms with van der Waals surface area (Å²) in [5.41, 5.74) is 5.92. The van der Waals surface area contributed by atoms with Gasteiger partial charge in [0.2, 0.25) is 0 Å². The number of ether oxygens (including phenoxy) is 1. The predicted octanol–water partition coefficient (Wildman–Crippen LogP) is 2.61. The molecule has 0 aliphatic carbocycles. The van der Waals surface area contributed by atoms with Crippen molar-refractivity contribution < 1.29 is 4.74 Å². The highest BCUT2D eigenvalue weighted by atomic mass is 32.1. The second-order valence-electron chi connectivity index (χ2n) is 2.86. The van der Waals surface area contributed by atoms with Crippen molar-refractivity contribution in [1.82, 2.24) is 0 Å². The molecule has 70 valence electrons. The van der Waals surface area contributed by atoms with Gasteiger partial charge in [-0.1, -0.05) is 0 Å². The minimum atomic E-state index is 0.0228. The van der Waals surface area contributed by atoms with Crippen LogP contribution in [0.25, 0.3) is 9.40 Å². The molecule has 0 aliphatic heterocycles. The first-order chi connectivity index (χ1) is 6.31. The maximum absolute atomic E-state index is 5.92. The number of fused-ring (bicyclic) bond motifs is 1. The average molecular weight is 213 g/mol. The molecule has 0 radical (unpaired) electrons. The number of nitrogens with two attached hydrogens (primary N) is 1. The van der Waals surface area contributed by atoms with Crippen molar-refractivity contribution >= 4 is 32.1 Å². The van der Waals surface area contributed by atoms with E-state index in [-0.39, 0.29) is 6.04 Å². The Morgan fingerprint density at radius 2 is 2.38 bits per heavy atom. The van der Waals surface area contributed by atoms with Gasteiger partial charge in [-0.25, -0.2) is 0 Å². The maximum Gasteiger partial charge on any atom is 0.0663 e. The third-order valence-corrected chi connectivity index (χ3v) is 4.10. The quantitative estimate of drug-likeness (QED) is 0.850. The number of methoxy groups -OCH3 is 1. The first-order valence-corrected chi connectivity index (χ1v) is 5.72. The summed E-state index contributed by atoms with van der Waals surface area (Å²) in [5, 5.41) is 2.10. The van der Waals surface area contributed by atoms with Gasteiger partial charge >= 0.3 is 0 Å². The molecule has 0 fully saturated rings. The summed E-state index contributed by atoms with van der Waals surface area (Å²) in [4.78, 5) is 1.21. The van der Waals surface area contributed by atoms with Crippen molar-refractivity contribution in [3.63, 3.8) is 0 Å². The molecule has 4 heteroatoms. The molecule has 2 nitrogen and oxygen atoms in total. The average Bonchev–Trinajstić information content (AvgIpc) is 2.61. The minimum Gasteiger partial charge on any atom is -0.383 e. The third-order valence-electron chi connectivity index (χ3n) is 1.87. The lowest BCUT2D eigenvalue weighted by Crippen LogP contribution is -2.14. The van der Waals surface area contributed by atoms with Crippen LogP contribution in [0.1, 0.15) is 10.9 Å². The van der Waals surface area contributed by atoms with Gasteiger partial charge in [0.15, 0.2) is 0 Å². The van der Waals surface area contributed by atoms with Gasteiger partial charge in [0.25, 0.3) is 0 Å². The number of thiophene rings is 2. The van der Waals surface area contributed by atoms with E-state index in [1.54, 1.807) is 29.8 Å². The van der Waals surface area contributed by atoms with E-state index < -0.39 is 0 Å². The Balaban J connectivity index is 2.28. The molecular weight excluding hydrogens is 202 g/mol. The van der Waals surface area contributed by atoms with E-state index in [2.05, 4.69) is 17.5 Å². The minimum absolute atomic E-state index is 0.0228. The fourth-order valence-corrected chi connectivity index (χ4v) is 3.33. The van der Waals surface area contributed by atoms with Crippen molar-refractivity contribution in [1.29, 1.82) is 0 Å². The van der Waals surface area contributed by atoms with Gasteiger partial charge in [-0.15, -0.1) is 22.7 Å². The van der Waals surface area contributed by atoms with Gasteiger partial charge in [0, 0.05) is 21.4 Å². The topological polar surface area (TPSA) is 35.2 Å². The van der Waals surface area contributed by atoms with Crippen molar-refractivity contribution in [2.24, 2.45) is 5.73 Å². The van der Waals surface area contributed by atoms with Crippen molar-refractivity contribution in [2.45, 2.75) is 6.04 Å². The molecule has 2 N–H and O–H groups in total. The first-order valence-electron chi connectivity index (χ1n) is 4.02. The molecule has 0 bridgehead atoms. The maximum atomic E-state index is 5.92. The van der Waals surface area contributed by atoms with Crippen LogP contribution in [0.2, 0.25) is 0 Å². The van der Waals surface area contributed by atoms with E-state index in [1.165, 1.54) is 14.3 Å². The second-order valence-corrected chi connectivity index (χ2v) is 4.92. The zero-order chi connectivity index (χ0) is 9.26. The van der Waals surface area contributed by atoms with Crippen LogP contribution in [-0.2, 0) is 4.74 Å². The van der Waals surface area contributed by atoms with Crippen LogP contribution in [0.3, 0.4) is 0 Å². The lowest BCUT2D eigenvalue weighted by molar-refractivity contribution is 0.182. The van der Waals surface area contributed by atoms with Crippen molar-refractivity contribution in [3.8, 4) is 0 Å². The van der Waals surface area contributed by atoms with Crippen LogP contribution in [0, 0.1) is 0 Å². The molecule has 0 aliphatic rings. The summed E-state index contributed by atoms with van der Waals surface area (Å²) >= 11 is 3.52. The Bertz CT molecular complexity index is 364. The van der Waals surface area contributed by atoms with Gasteiger partial charge in [0.05, 0.1) is 12.6 Å². The summed E-state index contributed by atoms with van der Waals surface area (Å²) in [6, 6.07) is 4.32. The monoisotopic (exact) mass is 213 g/mol. The van der Waals surface area contributed by atoms with E-state index in [0.29, 0.717) is 6.61 Å². The highest BCUT2D eigenvalue weighted by Crippen LogP contribution is 2.32. The lowest BCUT2D eigenvalue weighted by Gasteiger charge is -2.06. The number of hydrogen-bond donors (Lipinski definition) is 1. The van der Waals surface area contributed by atoms with Crippen LogP contribution in [0.15, 0.2) is 17.5 Å². The largest absolute Gasteiger partial charge is 0.383 e. The fourth-order valence-electron chi connectivity index (χ4n) is 1.23. The van der Waals surface area contributed by atoms with Crippen LogP contribution >= 0.6 is 22.7 Å². The Hall–Kier alpha value is -0.420. The molecule has 0 saturated heterocycles. The second kappa shape index (κ2) is 3.75. The fraction of sp³-hybridized carbons (Fsp3) is 0.333. The summed E-state index contributed by atoms with van der Waals surface area (Å²) in [5.74, 6) is 0. The molecule has 1 unspecified atom stereocenters. The molecule has 13 heavy (non-hydrogen) atoms. The van der Waals surface area contributed by atoms with Gasteiger partial charge in [-0.05, 0) is 17.5 Å². The Morgan fingerprint density at radius 3 is 3.08 bits per heavy atom. The molecule has 2 heterocycles. The predicted molar refractivity (Wildman–Crippen MR) is 58.5 cm³/mol. The SMILES string of the molecule is COCC(N)c1cc2sccc2s1. The Kier molecular flexibility index (Phi) is 2.64. The van der Waals surface area contributed by atoms with Gasteiger partial charge in [-0.3, -0.25) is 0 Å². The van der Waals surface area contributed by atoms with Crippen LogP contribution in [0.4, 0.5) is 0 Å². The molecular formula is C9H11NOS2. The molecule has 2 rings (SSSR count). The van der Waals surface area contributed by atoms with Gasteiger partial charge in [-0.2, -0.15) is 0 Å². The van der Waals surface area contributed by atoms with E-state index in [4.69, 9.17) is 10.5 Å². The first kappa shape index (κ1) is 9.15. The highest BCUT2D eigenvalue weighted by Gasteiger charge is 2.09. The summed E-state index contributed by atoms with van der Waals surface area (Å²) < 4.78 is 7.67. The zero-order valence-corrected chi connectivity index (χ0v) is 8.95. The molecule has 0 amide bonds. The Labute approximate surface area is 84.9 Å². The smallest absolute Gasteiger partial charge is 0.0663 e. The summed E-state index contributed by atoms with van der Waals surface area (Å²) in [6.07, 6.45) is 0. The molecule has 0 aromatic carbocycles. The van der Waals surface area contributed by atoms with E-state index >= 15 is 0 Å². The van der Waals surface area contributed by atoms with E-state index in [9.17, 15) is 0 Å². The Morgan fingerprint density at radius 1 is 1.54 bits per heavy atom. The standard InChI is InChI=1S/C9H11NOS2/c1-11-5-6(10)8-4-9-7(13-8)2-3-12-9/h2-4,6H,5,10H2,1H3. The lowest BCUT2D eigenvalue weighted by atomic mass is 10.3. The van der Waals surface area contributed by atoms with Gasteiger partial charge < -0.3 is 10.5 Å². The summed E-state index contributed by atoms with van der Waals surface area (Å²) in [6.45, 7) is 0.591. The van der Waals surface area contributed by atoms with Crippen molar-refractivity contribution in [2.75, 3.05) is 13.7 Å². The zero-order valence-electron chi connectivity index (χ0n) is 7.32. The molecule has 2 aromatic rings. The van der Waals surface area contributed by atoms with Crippen LogP contribution in [-0.4, -0.2) is 13.7 Å².